The van der Waals surface area contributed by atoms with Crippen molar-refractivity contribution < 1.29 is 19.2 Å². The summed E-state index contributed by atoms with van der Waals surface area (Å²) in [5.74, 6) is 0.319. The minimum atomic E-state index is 0.319. The maximum absolute atomic E-state index is 10.8. The van der Waals surface area contributed by atoms with Crippen LogP contribution in [0.25, 0.3) is 0 Å². The minimum absolute atomic E-state index is 0.319. The molecule has 0 N–H and O–H groups in total. The van der Waals surface area contributed by atoms with Gasteiger partial charge in [-0.3, -0.25) is 0 Å². The number of carbonyl (C=O) groups is 1. The van der Waals surface area contributed by atoms with Crippen LogP contribution in [0.1, 0.15) is 97.3 Å². The van der Waals surface area contributed by atoms with Crippen molar-refractivity contribution in [3.8, 4) is 0 Å². The average molecular weight is 327 g/mol. The van der Waals surface area contributed by atoms with Crippen molar-refractivity contribution in [1.82, 2.24) is 0 Å². The van der Waals surface area contributed by atoms with Gasteiger partial charge in [0.05, 0.1) is 0 Å². The number of rotatable bonds is 16. The molecule has 0 rings (SSSR count). The quantitative estimate of drug-likeness (QED) is 0.231. The molecule has 0 atom stereocenters. The molecule has 0 aliphatic carbocycles. The molecule has 0 saturated carbocycles. The predicted molar refractivity (Wildman–Crippen MR) is 86.0 cm³/mol. The van der Waals surface area contributed by atoms with E-state index in [0.29, 0.717) is 5.78 Å². The number of Topliss-reactive ketones (excluding diaryl/α,β-unsaturated/α-hetero) is 1. The molecule has 0 aliphatic rings. The van der Waals surface area contributed by atoms with Crippen LogP contribution in [0.3, 0.4) is 0 Å². The SMILES string of the molecule is CCCCCCCCCCCCCC[CH2][Ni][CH2]C(C)=O. The molecule has 0 spiro atoms. The number of hydrogen-bond donors (Lipinski definition) is 0. The van der Waals surface area contributed by atoms with Crippen LogP contribution < -0.4 is 0 Å². The standard InChI is InChI=1S/C15H31.C3H5O.Ni/c1-3-5-7-9-11-13-15-14-12-10-8-6-4-2;1-3(2)4;/h1,3-15H2,2H3;1H2,2H3;. The first-order chi connectivity index (χ1) is 9.77. The van der Waals surface area contributed by atoms with Gasteiger partial charge in [0, 0.05) is 0 Å². The molecule has 0 aromatic heterocycles. The van der Waals surface area contributed by atoms with E-state index in [2.05, 4.69) is 6.92 Å². The van der Waals surface area contributed by atoms with Gasteiger partial charge in [-0.15, -0.1) is 0 Å². The maximum atomic E-state index is 10.8. The first-order valence-corrected chi connectivity index (χ1v) is 10.1. The van der Waals surface area contributed by atoms with Gasteiger partial charge in [0.25, 0.3) is 0 Å². The summed E-state index contributed by atoms with van der Waals surface area (Å²) >= 11 is 1.62. The van der Waals surface area contributed by atoms with E-state index >= 15 is 0 Å². The predicted octanol–water partition coefficient (Wildman–Crippen LogP) is 6.59. The van der Waals surface area contributed by atoms with Gasteiger partial charge in [-0.25, -0.2) is 0 Å². The van der Waals surface area contributed by atoms with E-state index in [1.54, 1.807) is 21.4 Å². The third-order valence-corrected chi connectivity index (χ3v) is 5.00. The summed E-state index contributed by atoms with van der Waals surface area (Å²) in [5.41, 5.74) is 0. The Balaban J connectivity index is 2.94. The van der Waals surface area contributed by atoms with E-state index in [-0.39, 0.29) is 0 Å². The summed E-state index contributed by atoms with van der Waals surface area (Å²) in [6.45, 7) is 3.96. The van der Waals surface area contributed by atoms with Gasteiger partial charge in [-0.2, -0.15) is 0 Å². The molecule has 2 heteroatoms. The van der Waals surface area contributed by atoms with Crippen molar-refractivity contribution >= 4 is 5.78 Å². The van der Waals surface area contributed by atoms with Gasteiger partial charge in [0.15, 0.2) is 0 Å². The molecular formula is C18H36NiO. The summed E-state index contributed by atoms with van der Waals surface area (Å²) < 4.78 is 0. The van der Waals surface area contributed by atoms with Crippen molar-refractivity contribution in [2.75, 3.05) is 0 Å². The second kappa shape index (κ2) is 17.2. The van der Waals surface area contributed by atoms with Crippen molar-refractivity contribution in [2.24, 2.45) is 0 Å². The molecule has 0 unspecified atom stereocenters. The molecule has 20 heavy (non-hydrogen) atoms. The fourth-order valence-corrected chi connectivity index (χ4v) is 3.36. The first-order valence-electron chi connectivity index (χ1n) is 8.71. The second-order valence-electron chi connectivity index (χ2n) is 5.87. The Kier molecular flexibility index (Phi) is 17.4. The summed E-state index contributed by atoms with van der Waals surface area (Å²) in [6, 6.07) is 0. The molecule has 124 valence electrons. The number of ketones is 1. The fourth-order valence-electron chi connectivity index (χ4n) is 2.34. The van der Waals surface area contributed by atoms with Crippen LogP contribution in [-0.2, 0) is 19.2 Å². The Bertz CT molecular complexity index is 204. The summed E-state index contributed by atoms with van der Waals surface area (Å²) in [5, 5.41) is 1.91. The number of unbranched alkanes of at least 4 members (excludes halogenated alkanes) is 12. The zero-order valence-corrected chi connectivity index (χ0v) is 14.8. The van der Waals surface area contributed by atoms with Crippen molar-refractivity contribution in [3.05, 3.63) is 0 Å². The first kappa shape index (κ1) is 20.2. The van der Waals surface area contributed by atoms with Gasteiger partial charge in [0.2, 0.25) is 0 Å². The Labute approximate surface area is 133 Å². The Morgan fingerprint density at radius 2 is 1.10 bits per heavy atom. The number of hydrogen-bond acceptors (Lipinski definition) is 1. The van der Waals surface area contributed by atoms with Gasteiger partial charge in [-0.1, -0.05) is 19.8 Å². The topological polar surface area (TPSA) is 17.1 Å². The summed E-state index contributed by atoms with van der Waals surface area (Å²) in [7, 11) is 0. The normalized spacial score (nSPS) is 11.1. The Hall–Kier alpha value is 0.164. The molecule has 0 bridgehead atoms. The van der Waals surface area contributed by atoms with Crippen LogP contribution in [0.15, 0.2) is 0 Å². The van der Waals surface area contributed by atoms with Gasteiger partial charge in [0.1, 0.15) is 0 Å². The molecule has 0 aromatic rings. The zero-order valence-electron chi connectivity index (χ0n) is 13.8. The Morgan fingerprint density at radius 3 is 1.50 bits per heavy atom. The van der Waals surface area contributed by atoms with E-state index in [1.807, 2.05) is 0 Å². The summed E-state index contributed by atoms with van der Waals surface area (Å²) in [4.78, 5) is 10.8. The molecule has 0 saturated heterocycles. The molecule has 0 aliphatic heterocycles. The monoisotopic (exact) mass is 326 g/mol. The molecule has 0 radical (unpaired) electrons. The van der Waals surface area contributed by atoms with Crippen LogP contribution in [0.2, 0.25) is 10.8 Å². The van der Waals surface area contributed by atoms with Gasteiger partial charge in [-0.05, 0) is 0 Å². The third-order valence-electron chi connectivity index (χ3n) is 3.56. The van der Waals surface area contributed by atoms with Crippen LogP contribution in [0, 0.1) is 0 Å². The van der Waals surface area contributed by atoms with E-state index in [4.69, 9.17) is 0 Å². The van der Waals surface area contributed by atoms with Crippen molar-refractivity contribution in [3.63, 3.8) is 0 Å². The van der Waals surface area contributed by atoms with Crippen LogP contribution >= 0.6 is 0 Å². The van der Waals surface area contributed by atoms with E-state index < -0.39 is 0 Å². The van der Waals surface area contributed by atoms with Crippen molar-refractivity contribution in [1.29, 1.82) is 0 Å². The van der Waals surface area contributed by atoms with Gasteiger partial charge < -0.3 is 0 Å². The van der Waals surface area contributed by atoms with Crippen LogP contribution in [0.5, 0.6) is 0 Å². The van der Waals surface area contributed by atoms with E-state index in [1.165, 1.54) is 88.9 Å². The molecule has 0 amide bonds. The molecule has 0 heterocycles. The second-order valence-corrected chi connectivity index (χ2v) is 7.21. The molecule has 0 fully saturated rings. The summed E-state index contributed by atoms with van der Waals surface area (Å²) in [6.07, 6.45) is 18.3. The molecule has 0 aromatic carbocycles. The number of carbonyl (C=O) groups excluding carboxylic acids is 1. The van der Waals surface area contributed by atoms with Crippen molar-refractivity contribution in [2.45, 2.75) is 108 Å². The van der Waals surface area contributed by atoms with E-state index in [0.717, 1.165) is 5.39 Å². The fraction of sp³-hybridized carbons (Fsp3) is 0.944. The zero-order chi connectivity index (χ0) is 14.9. The van der Waals surface area contributed by atoms with Crippen LogP contribution in [-0.4, -0.2) is 5.78 Å². The van der Waals surface area contributed by atoms with E-state index in [9.17, 15) is 4.79 Å². The molecule has 1 nitrogen and oxygen atoms in total. The molecular weight excluding hydrogens is 291 g/mol. The Morgan fingerprint density at radius 1 is 0.700 bits per heavy atom. The van der Waals surface area contributed by atoms with Crippen LogP contribution in [0.4, 0.5) is 0 Å². The third kappa shape index (κ3) is 18.2. The average Bonchev–Trinajstić information content (AvgIpc) is 2.43. The van der Waals surface area contributed by atoms with Gasteiger partial charge >= 0.3 is 113 Å².